The van der Waals surface area contributed by atoms with Crippen LogP contribution in [0, 0.1) is 5.92 Å². The first-order valence-electron chi connectivity index (χ1n) is 4.50. The predicted octanol–water partition coefficient (Wildman–Crippen LogP) is 1.79. The number of rotatable bonds is 2. The fraction of sp³-hybridized carbons (Fsp3) is 0.400. The summed E-state index contributed by atoms with van der Waals surface area (Å²) >= 11 is 3.44. The molecule has 1 heterocycles. The Hall–Kier alpha value is -0.540. The second-order valence-corrected chi connectivity index (χ2v) is 4.44. The normalized spacial score (nSPS) is 17.0. The SMILES string of the molecule is Nc1ccc(CC2CNC2)cc1Br. The number of nitrogens with one attached hydrogen (secondary N) is 1. The van der Waals surface area contributed by atoms with Gasteiger partial charge in [0.05, 0.1) is 0 Å². The Morgan fingerprint density at radius 3 is 2.77 bits per heavy atom. The third-order valence-corrected chi connectivity index (χ3v) is 3.14. The fourth-order valence-electron chi connectivity index (χ4n) is 1.52. The van der Waals surface area contributed by atoms with E-state index in [2.05, 4.69) is 33.4 Å². The molecule has 0 unspecified atom stereocenters. The van der Waals surface area contributed by atoms with Crippen LogP contribution in [0.15, 0.2) is 22.7 Å². The van der Waals surface area contributed by atoms with Gasteiger partial charge in [0.2, 0.25) is 0 Å². The Kier molecular flexibility index (Phi) is 2.56. The maximum atomic E-state index is 5.71. The van der Waals surface area contributed by atoms with Gasteiger partial charge in [-0.1, -0.05) is 6.07 Å². The summed E-state index contributed by atoms with van der Waals surface area (Å²) in [6.45, 7) is 2.31. The zero-order valence-corrected chi connectivity index (χ0v) is 8.97. The molecule has 0 atom stereocenters. The van der Waals surface area contributed by atoms with Crippen LogP contribution in [0.2, 0.25) is 0 Å². The molecule has 1 aliphatic rings. The Bertz CT molecular complexity index is 308. The number of benzene rings is 1. The second-order valence-electron chi connectivity index (χ2n) is 3.58. The first kappa shape index (κ1) is 9.03. The number of anilines is 1. The highest BCUT2D eigenvalue weighted by Crippen LogP contribution is 2.22. The Morgan fingerprint density at radius 2 is 2.23 bits per heavy atom. The van der Waals surface area contributed by atoms with E-state index in [1.807, 2.05) is 6.07 Å². The second kappa shape index (κ2) is 3.68. The van der Waals surface area contributed by atoms with Crippen LogP contribution < -0.4 is 11.1 Å². The molecule has 3 heteroatoms. The third kappa shape index (κ3) is 2.03. The van der Waals surface area contributed by atoms with Gasteiger partial charge in [0.25, 0.3) is 0 Å². The van der Waals surface area contributed by atoms with Crippen LogP contribution in [0.4, 0.5) is 5.69 Å². The lowest BCUT2D eigenvalue weighted by Crippen LogP contribution is -2.43. The van der Waals surface area contributed by atoms with E-state index in [1.54, 1.807) is 0 Å². The van der Waals surface area contributed by atoms with E-state index < -0.39 is 0 Å². The lowest BCUT2D eigenvalue weighted by Gasteiger charge is -2.27. The van der Waals surface area contributed by atoms with Crippen molar-refractivity contribution in [3.8, 4) is 0 Å². The van der Waals surface area contributed by atoms with Crippen molar-refractivity contribution in [1.29, 1.82) is 0 Å². The number of halogens is 1. The van der Waals surface area contributed by atoms with Crippen molar-refractivity contribution < 1.29 is 0 Å². The summed E-state index contributed by atoms with van der Waals surface area (Å²) in [4.78, 5) is 0. The van der Waals surface area contributed by atoms with Gasteiger partial charge in [-0.25, -0.2) is 0 Å². The van der Waals surface area contributed by atoms with Gasteiger partial charge in [-0.15, -0.1) is 0 Å². The zero-order chi connectivity index (χ0) is 9.26. The molecule has 0 aliphatic carbocycles. The lowest BCUT2D eigenvalue weighted by molar-refractivity contribution is 0.346. The smallest absolute Gasteiger partial charge is 0.0458 e. The van der Waals surface area contributed by atoms with Crippen LogP contribution in [-0.2, 0) is 6.42 Å². The Balaban J connectivity index is 2.07. The van der Waals surface area contributed by atoms with Gasteiger partial charge in [0.1, 0.15) is 0 Å². The third-order valence-electron chi connectivity index (χ3n) is 2.46. The highest BCUT2D eigenvalue weighted by molar-refractivity contribution is 9.10. The molecule has 0 saturated carbocycles. The molecule has 0 aromatic heterocycles. The molecule has 2 rings (SSSR count). The van der Waals surface area contributed by atoms with Crippen molar-refractivity contribution in [3.63, 3.8) is 0 Å². The van der Waals surface area contributed by atoms with Gasteiger partial charge in [0.15, 0.2) is 0 Å². The van der Waals surface area contributed by atoms with Gasteiger partial charge in [-0.3, -0.25) is 0 Å². The molecule has 0 spiro atoms. The summed E-state index contributed by atoms with van der Waals surface area (Å²) < 4.78 is 1.01. The van der Waals surface area contributed by atoms with Crippen LogP contribution >= 0.6 is 15.9 Å². The number of hydrogen-bond acceptors (Lipinski definition) is 2. The number of hydrogen-bond donors (Lipinski definition) is 2. The number of nitrogen functional groups attached to an aromatic ring is 1. The average molecular weight is 241 g/mol. The number of nitrogens with two attached hydrogens (primary N) is 1. The van der Waals surface area contributed by atoms with Gasteiger partial charge >= 0.3 is 0 Å². The molecule has 0 bridgehead atoms. The van der Waals surface area contributed by atoms with Crippen molar-refractivity contribution in [3.05, 3.63) is 28.2 Å². The predicted molar refractivity (Wildman–Crippen MR) is 58.6 cm³/mol. The van der Waals surface area contributed by atoms with Crippen LogP contribution in [-0.4, -0.2) is 13.1 Å². The summed E-state index contributed by atoms with van der Waals surface area (Å²) in [5.74, 6) is 0.815. The van der Waals surface area contributed by atoms with E-state index in [1.165, 1.54) is 5.56 Å². The van der Waals surface area contributed by atoms with E-state index in [4.69, 9.17) is 5.73 Å². The van der Waals surface area contributed by atoms with Gasteiger partial charge in [0, 0.05) is 10.2 Å². The standard InChI is InChI=1S/C10H13BrN2/c11-9-4-7(1-2-10(9)12)3-8-5-13-6-8/h1-2,4,8,13H,3,5-6,12H2. The Morgan fingerprint density at radius 1 is 1.46 bits per heavy atom. The van der Waals surface area contributed by atoms with Crippen molar-refractivity contribution in [2.45, 2.75) is 6.42 Å². The fourth-order valence-corrected chi connectivity index (χ4v) is 1.95. The van der Waals surface area contributed by atoms with Crippen LogP contribution in [0.5, 0.6) is 0 Å². The minimum absolute atomic E-state index is 0.815. The molecule has 13 heavy (non-hydrogen) atoms. The largest absolute Gasteiger partial charge is 0.398 e. The van der Waals surface area contributed by atoms with Crippen molar-refractivity contribution in [1.82, 2.24) is 5.32 Å². The minimum Gasteiger partial charge on any atom is -0.398 e. The minimum atomic E-state index is 0.815. The molecule has 0 radical (unpaired) electrons. The Labute approximate surface area is 86.6 Å². The molecule has 70 valence electrons. The maximum absolute atomic E-state index is 5.71. The van der Waals surface area contributed by atoms with Gasteiger partial charge < -0.3 is 11.1 Å². The highest BCUT2D eigenvalue weighted by atomic mass is 79.9. The average Bonchev–Trinajstić information content (AvgIpc) is 2.04. The molecule has 0 amide bonds. The summed E-state index contributed by atoms with van der Waals surface area (Å²) in [7, 11) is 0. The quantitative estimate of drug-likeness (QED) is 0.775. The van der Waals surface area contributed by atoms with E-state index in [-0.39, 0.29) is 0 Å². The summed E-state index contributed by atoms with van der Waals surface area (Å²) in [6, 6.07) is 6.19. The first-order valence-corrected chi connectivity index (χ1v) is 5.29. The van der Waals surface area contributed by atoms with Crippen LogP contribution in [0.3, 0.4) is 0 Å². The summed E-state index contributed by atoms with van der Waals surface area (Å²) in [5, 5.41) is 3.27. The van der Waals surface area contributed by atoms with E-state index in [0.29, 0.717) is 0 Å². The first-order chi connectivity index (χ1) is 6.25. The zero-order valence-electron chi connectivity index (χ0n) is 7.39. The monoisotopic (exact) mass is 240 g/mol. The van der Waals surface area contributed by atoms with Crippen molar-refractivity contribution in [2.75, 3.05) is 18.8 Å². The molecule has 1 aliphatic heterocycles. The van der Waals surface area contributed by atoms with Crippen molar-refractivity contribution >= 4 is 21.6 Å². The van der Waals surface area contributed by atoms with E-state index in [9.17, 15) is 0 Å². The molecular formula is C10H13BrN2. The van der Waals surface area contributed by atoms with Crippen LogP contribution in [0.25, 0.3) is 0 Å². The molecule has 1 aromatic rings. The molecular weight excluding hydrogens is 228 g/mol. The molecule has 1 fully saturated rings. The molecule has 1 saturated heterocycles. The lowest BCUT2D eigenvalue weighted by atomic mass is 9.94. The van der Waals surface area contributed by atoms with Crippen molar-refractivity contribution in [2.24, 2.45) is 5.92 Å². The molecule has 3 N–H and O–H groups in total. The van der Waals surface area contributed by atoms with Gasteiger partial charge in [-0.05, 0) is 59.1 Å². The maximum Gasteiger partial charge on any atom is 0.0458 e. The highest BCUT2D eigenvalue weighted by Gasteiger charge is 2.16. The van der Waals surface area contributed by atoms with E-state index >= 15 is 0 Å². The van der Waals surface area contributed by atoms with Crippen LogP contribution in [0.1, 0.15) is 5.56 Å². The van der Waals surface area contributed by atoms with Gasteiger partial charge in [-0.2, -0.15) is 0 Å². The summed E-state index contributed by atoms with van der Waals surface area (Å²) in [6.07, 6.45) is 1.16. The van der Waals surface area contributed by atoms with E-state index in [0.717, 1.165) is 35.6 Å². The topological polar surface area (TPSA) is 38.0 Å². The summed E-state index contributed by atoms with van der Waals surface area (Å²) in [5.41, 5.74) is 7.89. The molecule has 1 aromatic carbocycles. The molecule has 2 nitrogen and oxygen atoms in total.